The van der Waals surface area contributed by atoms with Gasteiger partial charge in [-0.1, -0.05) is 6.07 Å². The van der Waals surface area contributed by atoms with Crippen LogP contribution in [0.5, 0.6) is 0 Å². The molecule has 0 aliphatic heterocycles. The molecule has 0 saturated heterocycles. The van der Waals surface area contributed by atoms with Crippen molar-refractivity contribution in [2.24, 2.45) is 0 Å². The van der Waals surface area contributed by atoms with Crippen LogP contribution in [0.25, 0.3) is 0 Å². The molecule has 0 atom stereocenters. The van der Waals surface area contributed by atoms with Gasteiger partial charge in [-0.3, -0.25) is 9.59 Å². The lowest BCUT2D eigenvalue weighted by atomic mass is 10.1. The van der Waals surface area contributed by atoms with E-state index in [-0.39, 0.29) is 30.6 Å². The molecule has 0 aliphatic carbocycles. The summed E-state index contributed by atoms with van der Waals surface area (Å²) in [7, 11) is 0. The molecule has 1 aromatic rings. The largest absolute Gasteiger partial charge is 0.416 e. The topological polar surface area (TPSA) is 49.4 Å². The Bertz CT molecular complexity index is 542. The second-order valence-electron chi connectivity index (χ2n) is 5.12. The Labute approximate surface area is 127 Å². The maximum absolute atomic E-state index is 12.7. The lowest BCUT2D eigenvalue weighted by Gasteiger charge is -2.21. The molecule has 1 rings (SSSR count). The fourth-order valence-corrected chi connectivity index (χ4v) is 1.88. The first-order chi connectivity index (χ1) is 10.1. The van der Waals surface area contributed by atoms with E-state index in [4.69, 9.17) is 0 Å². The van der Waals surface area contributed by atoms with Gasteiger partial charge in [0.05, 0.1) is 12.1 Å². The number of nitrogens with zero attached hydrogens (tertiary/aromatic N) is 1. The summed E-state index contributed by atoms with van der Waals surface area (Å²) in [5.74, 6) is -0.954. The second kappa shape index (κ2) is 7.29. The van der Waals surface area contributed by atoms with E-state index in [2.05, 4.69) is 5.32 Å². The average Bonchev–Trinajstić information content (AvgIpc) is 2.42. The molecular formula is C15H19F3N2O2. The molecule has 0 saturated carbocycles. The summed E-state index contributed by atoms with van der Waals surface area (Å²) < 4.78 is 38.0. The standard InChI is InChI=1S/C15H19F3N2O2/c1-4-20(9-13(21)19-10(2)3)14(22)11-6-5-7-12(8-11)15(16,17)18/h5-8,10H,4,9H2,1-3H3,(H,19,21). The minimum absolute atomic E-state index is 0.0742. The van der Waals surface area contributed by atoms with E-state index in [9.17, 15) is 22.8 Å². The summed E-state index contributed by atoms with van der Waals surface area (Å²) in [6, 6.07) is 4.11. The van der Waals surface area contributed by atoms with Crippen LogP contribution >= 0.6 is 0 Å². The van der Waals surface area contributed by atoms with Crippen LogP contribution in [0.3, 0.4) is 0 Å². The molecule has 0 bridgehead atoms. The molecule has 1 aromatic carbocycles. The van der Waals surface area contributed by atoms with Gasteiger partial charge in [-0.25, -0.2) is 0 Å². The van der Waals surface area contributed by atoms with Gasteiger partial charge in [-0.15, -0.1) is 0 Å². The minimum atomic E-state index is -4.51. The quantitative estimate of drug-likeness (QED) is 0.908. The van der Waals surface area contributed by atoms with Gasteiger partial charge in [-0.2, -0.15) is 13.2 Å². The number of carbonyl (C=O) groups is 2. The van der Waals surface area contributed by atoms with Gasteiger partial charge in [-0.05, 0) is 39.0 Å². The molecule has 0 unspecified atom stereocenters. The van der Waals surface area contributed by atoms with Crippen LogP contribution in [0.1, 0.15) is 36.7 Å². The highest BCUT2D eigenvalue weighted by Crippen LogP contribution is 2.29. The van der Waals surface area contributed by atoms with Crippen molar-refractivity contribution in [2.45, 2.75) is 33.0 Å². The highest BCUT2D eigenvalue weighted by atomic mass is 19.4. The van der Waals surface area contributed by atoms with Crippen molar-refractivity contribution in [3.8, 4) is 0 Å². The summed E-state index contributed by atoms with van der Waals surface area (Å²) in [5.41, 5.74) is -0.977. The van der Waals surface area contributed by atoms with E-state index in [0.29, 0.717) is 0 Å². The molecule has 0 fully saturated rings. The Kier molecular flexibility index (Phi) is 5.96. The van der Waals surface area contributed by atoms with E-state index < -0.39 is 17.6 Å². The highest BCUT2D eigenvalue weighted by molar-refractivity contribution is 5.96. The number of likely N-dealkylation sites (N-methyl/N-ethyl adjacent to an activating group) is 1. The van der Waals surface area contributed by atoms with Gasteiger partial charge < -0.3 is 10.2 Å². The number of hydrogen-bond acceptors (Lipinski definition) is 2. The summed E-state index contributed by atoms with van der Waals surface area (Å²) >= 11 is 0. The minimum Gasteiger partial charge on any atom is -0.352 e. The Balaban J connectivity index is 2.90. The molecular weight excluding hydrogens is 297 g/mol. The summed E-state index contributed by atoms with van der Waals surface area (Å²) in [6.07, 6.45) is -4.51. The zero-order valence-corrected chi connectivity index (χ0v) is 12.7. The zero-order valence-electron chi connectivity index (χ0n) is 12.7. The Morgan fingerprint density at radius 3 is 2.41 bits per heavy atom. The van der Waals surface area contributed by atoms with E-state index in [1.54, 1.807) is 20.8 Å². The van der Waals surface area contributed by atoms with Gasteiger partial charge in [0, 0.05) is 18.2 Å². The number of rotatable bonds is 5. The molecule has 0 aromatic heterocycles. The first-order valence-corrected chi connectivity index (χ1v) is 6.91. The monoisotopic (exact) mass is 316 g/mol. The number of amides is 2. The van der Waals surface area contributed by atoms with E-state index in [0.717, 1.165) is 12.1 Å². The smallest absolute Gasteiger partial charge is 0.352 e. The van der Waals surface area contributed by atoms with Crippen LogP contribution in [0.2, 0.25) is 0 Å². The van der Waals surface area contributed by atoms with Crippen LogP contribution < -0.4 is 5.32 Å². The lowest BCUT2D eigenvalue weighted by Crippen LogP contribution is -2.42. The predicted octanol–water partition coefficient (Wildman–Crippen LogP) is 2.69. The number of halogens is 3. The molecule has 122 valence electrons. The van der Waals surface area contributed by atoms with Gasteiger partial charge >= 0.3 is 6.18 Å². The van der Waals surface area contributed by atoms with Gasteiger partial charge in [0.25, 0.3) is 5.91 Å². The Morgan fingerprint density at radius 1 is 1.27 bits per heavy atom. The summed E-state index contributed by atoms with van der Waals surface area (Å²) in [4.78, 5) is 25.2. The van der Waals surface area contributed by atoms with Gasteiger partial charge in [0.1, 0.15) is 0 Å². The second-order valence-corrected chi connectivity index (χ2v) is 5.12. The van der Waals surface area contributed by atoms with Crippen molar-refractivity contribution in [1.29, 1.82) is 0 Å². The third-order valence-corrected chi connectivity index (χ3v) is 2.89. The number of hydrogen-bond donors (Lipinski definition) is 1. The van der Waals surface area contributed by atoms with Crippen molar-refractivity contribution in [3.63, 3.8) is 0 Å². The summed E-state index contributed by atoms with van der Waals surface area (Å²) in [6.45, 7) is 5.25. The Morgan fingerprint density at radius 2 is 1.91 bits per heavy atom. The molecule has 2 amide bonds. The number of carbonyl (C=O) groups excluding carboxylic acids is 2. The van der Waals surface area contributed by atoms with E-state index >= 15 is 0 Å². The number of nitrogens with one attached hydrogen (secondary N) is 1. The molecule has 1 N–H and O–H groups in total. The fourth-order valence-electron chi connectivity index (χ4n) is 1.88. The molecule has 0 heterocycles. The summed E-state index contributed by atoms with van der Waals surface area (Å²) in [5, 5.41) is 2.64. The Hall–Kier alpha value is -2.05. The van der Waals surface area contributed by atoms with Crippen LogP contribution in [-0.4, -0.2) is 35.8 Å². The maximum atomic E-state index is 12.7. The zero-order chi connectivity index (χ0) is 16.9. The van der Waals surface area contributed by atoms with Crippen molar-refractivity contribution < 1.29 is 22.8 Å². The van der Waals surface area contributed by atoms with Crippen molar-refractivity contribution in [1.82, 2.24) is 10.2 Å². The van der Waals surface area contributed by atoms with Crippen LogP contribution in [0, 0.1) is 0 Å². The van der Waals surface area contributed by atoms with Crippen LogP contribution in [0.4, 0.5) is 13.2 Å². The SMILES string of the molecule is CCN(CC(=O)NC(C)C)C(=O)c1cccc(C(F)(F)F)c1. The van der Waals surface area contributed by atoms with Gasteiger partial charge in [0.2, 0.25) is 5.91 Å². The molecule has 22 heavy (non-hydrogen) atoms. The maximum Gasteiger partial charge on any atom is 0.416 e. The van der Waals surface area contributed by atoms with Crippen LogP contribution in [0.15, 0.2) is 24.3 Å². The molecule has 4 nitrogen and oxygen atoms in total. The normalized spacial score (nSPS) is 11.4. The average molecular weight is 316 g/mol. The van der Waals surface area contributed by atoms with Crippen molar-refractivity contribution in [2.75, 3.05) is 13.1 Å². The fraction of sp³-hybridized carbons (Fsp3) is 0.467. The molecule has 7 heteroatoms. The van der Waals surface area contributed by atoms with E-state index in [1.807, 2.05) is 0 Å². The molecule has 0 spiro atoms. The van der Waals surface area contributed by atoms with Crippen molar-refractivity contribution in [3.05, 3.63) is 35.4 Å². The predicted molar refractivity (Wildman–Crippen MR) is 76.3 cm³/mol. The van der Waals surface area contributed by atoms with E-state index in [1.165, 1.54) is 17.0 Å². The number of benzene rings is 1. The van der Waals surface area contributed by atoms with Gasteiger partial charge in [0.15, 0.2) is 0 Å². The third-order valence-electron chi connectivity index (χ3n) is 2.89. The molecule has 0 aliphatic rings. The van der Waals surface area contributed by atoms with Crippen molar-refractivity contribution >= 4 is 11.8 Å². The third kappa shape index (κ3) is 5.05. The molecule has 0 radical (unpaired) electrons. The first-order valence-electron chi connectivity index (χ1n) is 6.91. The van der Waals surface area contributed by atoms with Crippen LogP contribution in [-0.2, 0) is 11.0 Å². The number of alkyl halides is 3. The lowest BCUT2D eigenvalue weighted by molar-refractivity contribution is -0.137. The highest BCUT2D eigenvalue weighted by Gasteiger charge is 2.31. The first kappa shape index (κ1) is 18.0.